The van der Waals surface area contributed by atoms with Gasteiger partial charge >= 0.3 is 14.3 Å². The summed E-state index contributed by atoms with van der Waals surface area (Å²) >= 11 is 0. The number of carbonyl (C=O) groups excluding carboxylic acids is 1. The molecule has 0 radical (unpaired) electrons. The molecule has 0 heterocycles. The van der Waals surface area contributed by atoms with E-state index in [9.17, 15) is 9.18 Å². The second-order valence-electron chi connectivity index (χ2n) is 5.57. The van der Waals surface area contributed by atoms with E-state index in [2.05, 4.69) is 6.58 Å². The molecular formula is C21H17FO2Si. The van der Waals surface area contributed by atoms with E-state index < -0.39 is 20.1 Å². The lowest BCUT2D eigenvalue weighted by Crippen LogP contribution is -2.70. The molecule has 0 aliphatic rings. The van der Waals surface area contributed by atoms with Crippen LogP contribution in [0.3, 0.4) is 0 Å². The van der Waals surface area contributed by atoms with E-state index in [1.165, 1.54) is 0 Å². The zero-order chi connectivity index (χ0) is 17.7. The molecule has 3 aromatic carbocycles. The van der Waals surface area contributed by atoms with Gasteiger partial charge in [-0.05, 0) is 15.6 Å². The maximum absolute atomic E-state index is 13.5. The first-order valence-electron chi connectivity index (χ1n) is 7.89. The highest BCUT2D eigenvalue weighted by molar-refractivity contribution is 7.07. The van der Waals surface area contributed by atoms with Gasteiger partial charge in [-0.2, -0.15) is 4.39 Å². The van der Waals surface area contributed by atoms with Crippen molar-refractivity contribution in [1.29, 1.82) is 0 Å². The van der Waals surface area contributed by atoms with Gasteiger partial charge in [0.15, 0.2) is 5.83 Å². The van der Waals surface area contributed by atoms with Crippen LogP contribution in [0, 0.1) is 0 Å². The zero-order valence-electron chi connectivity index (χ0n) is 13.6. The number of benzene rings is 3. The fourth-order valence-electron chi connectivity index (χ4n) is 2.89. The molecular weight excluding hydrogens is 331 g/mol. The van der Waals surface area contributed by atoms with Crippen molar-refractivity contribution >= 4 is 29.8 Å². The van der Waals surface area contributed by atoms with Crippen LogP contribution in [0.4, 0.5) is 4.39 Å². The van der Waals surface area contributed by atoms with Gasteiger partial charge in [0, 0.05) is 0 Å². The van der Waals surface area contributed by atoms with E-state index in [0.717, 1.165) is 15.6 Å². The van der Waals surface area contributed by atoms with Gasteiger partial charge in [-0.25, -0.2) is 4.79 Å². The molecule has 0 N–H and O–H groups in total. The van der Waals surface area contributed by atoms with Crippen molar-refractivity contribution in [1.82, 2.24) is 0 Å². The van der Waals surface area contributed by atoms with Crippen molar-refractivity contribution in [3.8, 4) is 0 Å². The molecule has 0 aliphatic carbocycles. The summed E-state index contributed by atoms with van der Waals surface area (Å²) in [4.78, 5) is 12.2. The molecule has 0 aromatic heterocycles. The first-order valence-corrected chi connectivity index (χ1v) is 9.80. The van der Waals surface area contributed by atoms with Crippen molar-refractivity contribution in [2.45, 2.75) is 0 Å². The minimum Gasteiger partial charge on any atom is -0.500 e. The molecule has 0 unspecified atom stereocenters. The number of carbonyl (C=O) groups is 1. The van der Waals surface area contributed by atoms with Crippen LogP contribution in [-0.4, -0.2) is 14.3 Å². The Labute approximate surface area is 147 Å². The summed E-state index contributed by atoms with van der Waals surface area (Å²) in [5.74, 6) is -2.12. The van der Waals surface area contributed by atoms with E-state index in [0.29, 0.717) is 0 Å². The molecule has 0 atom stereocenters. The summed E-state index contributed by atoms with van der Waals surface area (Å²) in [6.07, 6.45) is 0. The number of hydrogen-bond acceptors (Lipinski definition) is 2. The van der Waals surface area contributed by atoms with Crippen molar-refractivity contribution in [3.05, 3.63) is 103 Å². The SMILES string of the molecule is C=C(F)C(=O)O[Si](c1ccccc1)(c1ccccc1)c1ccccc1. The molecule has 4 heteroatoms. The quantitative estimate of drug-likeness (QED) is 0.403. The largest absolute Gasteiger partial charge is 0.500 e. The average Bonchev–Trinajstić information content (AvgIpc) is 2.68. The third kappa shape index (κ3) is 3.30. The van der Waals surface area contributed by atoms with Crippen molar-refractivity contribution < 1.29 is 13.6 Å². The number of hydrogen-bond donors (Lipinski definition) is 0. The zero-order valence-corrected chi connectivity index (χ0v) is 14.6. The highest BCUT2D eigenvalue weighted by atomic mass is 28.4. The van der Waals surface area contributed by atoms with Crippen LogP contribution >= 0.6 is 0 Å². The molecule has 0 aliphatic heterocycles. The normalized spacial score (nSPS) is 10.9. The molecule has 3 aromatic rings. The first kappa shape index (κ1) is 16.9. The third-order valence-corrected chi connectivity index (χ3v) is 7.94. The predicted octanol–water partition coefficient (Wildman–Crippen LogP) is 2.68. The summed E-state index contributed by atoms with van der Waals surface area (Å²) in [5.41, 5.74) is 0. The van der Waals surface area contributed by atoms with E-state index in [1.807, 2.05) is 91.0 Å². The molecule has 124 valence electrons. The Bertz CT molecular complexity index is 768. The molecule has 0 fully saturated rings. The van der Waals surface area contributed by atoms with Crippen LogP contribution in [0.2, 0.25) is 0 Å². The van der Waals surface area contributed by atoms with Crippen LogP contribution in [-0.2, 0) is 9.22 Å². The minimum absolute atomic E-state index is 0.863. The molecule has 0 bridgehead atoms. The second-order valence-corrected chi connectivity index (χ2v) is 8.87. The topological polar surface area (TPSA) is 26.3 Å². The van der Waals surface area contributed by atoms with Crippen molar-refractivity contribution in [2.75, 3.05) is 0 Å². The maximum Gasteiger partial charge on any atom is 0.354 e. The average molecular weight is 348 g/mol. The van der Waals surface area contributed by atoms with Crippen LogP contribution in [0.1, 0.15) is 0 Å². The van der Waals surface area contributed by atoms with E-state index in [1.54, 1.807) is 0 Å². The molecule has 3 rings (SSSR count). The van der Waals surface area contributed by atoms with Crippen molar-refractivity contribution in [3.63, 3.8) is 0 Å². The molecule has 0 saturated heterocycles. The van der Waals surface area contributed by atoms with Gasteiger partial charge in [-0.1, -0.05) is 97.6 Å². The van der Waals surface area contributed by atoms with Gasteiger partial charge in [0.1, 0.15) is 0 Å². The van der Waals surface area contributed by atoms with E-state index in [4.69, 9.17) is 4.43 Å². The van der Waals surface area contributed by atoms with E-state index in [-0.39, 0.29) is 0 Å². The second kappa shape index (κ2) is 7.28. The third-order valence-electron chi connectivity index (χ3n) is 4.01. The van der Waals surface area contributed by atoms with Crippen LogP contribution < -0.4 is 15.6 Å². The minimum atomic E-state index is -3.20. The van der Waals surface area contributed by atoms with Gasteiger partial charge in [0.05, 0.1) is 0 Å². The molecule has 0 spiro atoms. The monoisotopic (exact) mass is 348 g/mol. The summed E-state index contributed by atoms with van der Waals surface area (Å²) in [5, 5.41) is 2.59. The molecule has 25 heavy (non-hydrogen) atoms. The summed E-state index contributed by atoms with van der Waals surface area (Å²) in [6, 6.07) is 28.5. The Morgan fingerprint density at radius 2 is 1.04 bits per heavy atom. The first-order chi connectivity index (χ1) is 12.1. The van der Waals surface area contributed by atoms with Crippen LogP contribution in [0.15, 0.2) is 103 Å². The van der Waals surface area contributed by atoms with Crippen LogP contribution in [0.5, 0.6) is 0 Å². The molecule has 0 saturated carbocycles. The fraction of sp³-hybridized carbons (Fsp3) is 0. The van der Waals surface area contributed by atoms with Gasteiger partial charge in [0.2, 0.25) is 0 Å². The maximum atomic E-state index is 13.5. The van der Waals surface area contributed by atoms with E-state index >= 15 is 0 Å². The molecule has 2 nitrogen and oxygen atoms in total. The smallest absolute Gasteiger partial charge is 0.354 e. The lowest BCUT2D eigenvalue weighted by molar-refractivity contribution is -0.132. The standard InChI is InChI=1S/C21H17FO2Si/c1-17(22)21(23)24-25(18-11-5-2-6-12-18,19-13-7-3-8-14-19)20-15-9-4-10-16-20/h2-16H,1H2. The summed E-state index contributed by atoms with van der Waals surface area (Å²) in [7, 11) is -3.20. The van der Waals surface area contributed by atoms with Crippen molar-refractivity contribution in [2.24, 2.45) is 0 Å². The number of rotatable bonds is 5. The Kier molecular flexibility index (Phi) is 4.91. The van der Waals surface area contributed by atoms with Gasteiger partial charge in [0.25, 0.3) is 0 Å². The van der Waals surface area contributed by atoms with Gasteiger partial charge in [-0.15, -0.1) is 0 Å². The number of halogens is 1. The Hall–Kier alpha value is -2.98. The van der Waals surface area contributed by atoms with Crippen LogP contribution in [0.25, 0.3) is 0 Å². The Balaban J connectivity index is 2.31. The summed E-state index contributed by atoms with van der Waals surface area (Å²) in [6.45, 7) is 3.10. The highest BCUT2D eigenvalue weighted by Gasteiger charge is 2.45. The Morgan fingerprint density at radius 3 is 1.32 bits per heavy atom. The summed E-state index contributed by atoms with van der Waals surface area (Å²) < 4.78 is 19.4. The molecule has 0 amide bonds. The fourth-order valence-corrected chi connectivity index (χ4v) is 6.62. The van der Waals surface area contributed by atoms with Gasteiger partial charge < -0.3 is 4.43 Å². The highest BCUT2D eigenvalue weighted by Crippen LogP contribution is 2.12. The Morgan fingerprint density at radius 1 is 0.720 bits per heavy atom. The lowest BCUT2D eigenvalue weighted by atomic mass is 10.3. The van der Waals surface area contributed by atoms with Gasteiger partial charge in [-0.3, -0.25) is 0 Å². The lowest BCUT2D eigenvalue weighted by Gasteiger charge is -2.32. The predicted molar refractivity (Wildman–Crippen MR) is 100 cm³/mol.